The van der Waals surface area contributed by atoms with Crippen molar-refractivity contribution in [3.05, 3.63) is 0 Å². The van der Waals surface area contributed by atoms with E-state index in [1.165, 1.54) is 0 Å². The molecule has 4 rings (SSSR count). The van der Waals surface area contributed by atoms with E-state index >= 15 is 0 Å². The van der Waals surface area contributed by atoms with Gasteiger partial charge in [-0.05, 0) is 74.5 Å². The Hall–Kier alpha value is -0.410. The molecule has 0 spiro atoms. The molecule has 0 radical (unpaired) electrons. The van der Waals surface area contributed by atoms with Crippen LogP contribution in [0.15, 0.2) is 0 Å². The molecule has 0 aromatic carbocycles. The van der Waals surface area contributed by atoms with Crippen LogP contribution in [0.25, 0.3) is 0 Å². The summed E-state index contributed by atoms with van der Waals surface area (Å²) in [7, 11) is 0. The van der Waals surface area contributed by atoms with Gasteiger partial charge in [-0.3, -0.25) is 4.79 Å². The molecule has 0 unspecified atom stereocenters. The predicted molar refractivity (Wildman–Crippen MR) is 79.5 cm³/mol. The fourth-order valence-electron chi connectivity index (χ4n) is 6.59. The molecule has 0 heterocycles. The van der Waals surface area contributed by atoms with Gasteiger partial charge in [0.25, 0.3) is 0 Å². The summed E-state index contributed by atoms with van der Waals surface area (Å²) in [6.45, 7) is 2.19. The monoisotopic (exact) mass is 292 g/mol. The molecule has 0 aliphatic heterocycles. The van der Waals surface area contributed by atoms with Crippen LogP contribution in [0.5, 0.6) is 0 Å². The first kappa shape index (κ1) is 14.2. The molecule has 0 aromatic heterocycles. The summed E-state index contributed by atoms with van der Waals surface area (Å²) in [5.41, 5.74) is -0.0953. The van der Waals surface area contributed by atoms with Crippen molar-refractivity contribution < 1.29 is 15.0 Å². The SMILES string of the molecule is C[C@]12CC[C@@H]3[C@H]4CC[C@H](O)C[C@@H]4[C@H](O)C[C@H]3[C@@H]1CCC2=O. The summed E-state index contributed by atoms with van der Waals surface area (Å²) in [4.78, 5) is 12.3. The van der Waals surface area contributed by atoms with Gasteiger partial charge in [0.2, 0.25) is 0 Å². The largest absolute Gasteiger partial charge is 0.393 e. The maximum atomic E-state index is 12.3. The molecule has 8 atom stereocenters. The lowest BCUT2D eigenvalue weighted by molar-refractivity contribution is -0.141. The van der Waals surface area contributed by atoms with Gasteiger partial charge in [0.05, 0.1) is 12.2 Å². The molecule has 0 aromatic rings. The molecular formula is C18H28O3. The summed E-state index contributed by atoms with van der Waals surface area (Å²) >= 11 is 0. The highest BCUT2D eigenvalue weighted by Gasteiger charge is 2.58. The van der Waals surface area contributed by atoms with Crippen molar-refractivity contribution in [1.82, 2.24) is 0 Å². The number of aliphatic hydroxyl groups excluding tert-OH is 2. The van der Waals surface area contributed by atoms with Crippen LogP contribution in [0.4, 0.5) is 0 Å². The van der Waals surface area contributed by atoms with Gasteiger partial charge < -0.3 is 10.2 Å². The van der Waals surface area contributed by atoms with Crippen molar-refractivity contribution in [2.24, 2.45) is 35.0 Å². The lowest BCUT2D eigenvalue weighted by Gasteiger charge is -2.56. The molecule has 4 aliphatic rings. The quantitative estimate of drug-likeness (QED) is 0.721. The fourth-order valence-corrected chi connectivity index (χ4v) is 6.59. The third-order valence-corrected chi connectivity index (χ3v) is 7.69. The van der Waals surface area contributed by atoms with E-state index in [9.17, 15) is 15.0 Å². The number of fused-ring (bicyclic) bond motifs is 5. The number of ketones is 1. The van der Waals surface area contributed by atoms with Crippen LogP contribution in [-0.2, 0) is 4.79 Å². The summed E-state index contributed by atoms with van der Waals surface area (Å²) in [5, 5.41) is 20.6. The Balaban J connectivity index is 1.62. The molecule has 4 saturated carbocycles. The Morgan fingerprint density at radius 1 is 0.952 bits per heavy atom. The van der Waals surface area contributed by atoms with Gasteiger partial charge in [-0.15, -0.1) is 0 Å². The van der Waals surface area contributed by atoms with Crippen LogP contribution in [0.2, 0.25) is 0 Å². The topological polar surface area (TPSA) is 57.5 Å². The van der Waals surface area contributed by atoms with Crippen LogP contribution in [-0.4, -0.2) is 28.2 Å². The Morgan fingerprint density at radius 3 is 2.52 bits per heavy atom. The summed E-state index contributed by atoms with van der Waals surface area (Å²) in [5.74, 6) is 3.10. The standard InChI is InChI=1S/C18H28O3/c1-18-7-6-12-11-3-2-10(19)8-14(11)16(20)9-13(12)15(18)4-5-17(18)21/h10-16,19-20H,2-9H2,1H3/t10-,11+,12+,13+,14-,15-,16+,18-/m0/s1. The molecule has 118 valence electrons. The number of carbonyl (C=O) groups is 1. The van der Waals surface area contributed by atoms with Crippen molar-refractivity contribution >= 4 is 5.78 Å². The minimum absolute atomic E-state index is 0.0953. The van der Waals surface area contributed by atoms with Crippen molar-refractivity contribution in [3.8, 4) is 0 Å². The van der Waals surface area contributed by atoms with Crippen molar-refractivity contribution in [2.45, 2.75) is 70.5 Å². The highest BCUT2D eigenvalue weighted by atomic mass is 16.3. The minimum Gasteiger partial charge on any atom is -0.393 e. The zero-order valence-corrected chi connectivity index (χ0v) is 13.0. The van der Waals surface area contributed by atoms with E-state index < -0.39 is 0 Å². The van der Waals surface area contributed by atoms with Gasteiger partial charge in [-0.1, -0.05) is 6.92 Å². The molecule has 0 amide bonds. The second kappa shape index (κ2) is 4.79. The van der Waals surface area contributed by atoms with Crippen LogP contribution >= 0.6 is 0 Å². The van der Waals surface area contributed by atoms with E-state index in [0.717, 1.165) is 51.4 Å². The number of hydrogen-bond acceptors (Lipinski definition) is 3. The molecule has 3 heteroatoms. The van der Waals surface area contributed by atoms with Gasteiger partial charge in [0.1, 0.15) is 5.78 Å². The number of rotatable bonds is 0. The van der Waals surface area contributed by atoms with Crippen LogP contribution in [0.3, 0.4) is 0 Å². The van der Waals surface area contributed by atoms with Gasteiger partial charge in [0, 0.05) is 11.8 Å². The van der Waals surface area contributed by atoms with Crippen LogP contribution < -0.4 is 0 Å². The number of hydrogen-bond donors (Lipinski definition) is 2. The molecule has 2 N–H and O–H groups in total. The summed E-state index contributed by atoms with van der Waals surface area (Å²) in [6, 6.07) is 0. The van der Waals surface area contributed by atoms with Gasteiger partial charge in [-0.25, -0.2) is 0 Å². The van der Waals surface area contributed by atoms with E-state index in [1.807, 2.05) is 0 Å². The van der Waals surface area contributed by atoms with Gasteiger partial charge in [0.15, 0.2) is 0 Å². The van der Waals surface area contributed by atoms with Gasteiger partial charge in [-0.2, -0.15) is 0 Å². The Bertz CT molecular complexity index is 448. The van der Waals surface area contributed by atoms with Crippen LogP contribution in [0, 0.1) is 35.0 Å². The molecule has 0 bridgehead atoms. The molecule has 4 fully saturated rings. The fraction of sp³-hybridized carbons (Fsp3) is 0.944. The highest BCUT2D eigenvalue weighted by Crippen LogP contribution is 2.61. The lowest BCUT2D eigenvalue weighted by atomic mass is 9.50. The normalized spacial score (nSPS) is 56.5. The molecule has 21 heavy (non-hydrogen) atoms. The average molecular weight is 292 g/mol. The summed E-state index contributed by atoms with van der Waals surface area (Å²) in [6.07, 6.45) is 7.17. The zero-order chi connectivity index (χ0) is 14.8. The molecule has 0 saturated heterocycles. The van der Waals surface area contributed by atoms with Crippen molar-refractivity contribution in [2.75, 3.05) is 0 Å². The van der Waals surface area contributed by atoms with E-state index in [-0.39, 0.29) is 17.6 Å². The first-order valence-corrected chi connectivity index (χ1v) is 8.90. The lowest BCUT2D eigenvalue weighted by Crippen LogP contribution is -2.53. The minimum atomic E-state index is -0.260. The van der Waals surface area contributed by atoms with Crippen molar-refractivity contribution in [3.63, 3.8) is 0 Å². The van der Waals surface area contributed by atoms with E-state index in [1.54, 1.807) is 0 Å². The van der Waals surface area contributed by atoms with E-state index in [2.05, 4.69) is 6.92 Å². The number of carbonyl (C=O) groups excluding carboxylic acids is 1. The van der Waals surface area contributed by atoms with Crippen LogP contribution in [0.1, 0.15) is 58.3 Å². The average Bonchev–Trinajstić information content (AvgIpc) is 2.76. The van der Waals surface area contributed by atoms with E-state index in [4.69, 9.17) is 0 Å². The Kier molecular flexibility index (Phi) is 3.24. The van der Waals surface area contributed by atoms with E-state index in [0.29, 0.717) is 35.4 Å². The Labute approximate surface area is 127 Å². The second-order valence-electron chi connectivity index (χ2n) is 8.45. The maximum absolute atomic E-state index is 12.3. The third-order valence-electron chi connectivity index (χ3n) is 7.69. The molecular weight excluding hydrogens is 264 g/mol. The first-order valence-electron chi connectivity index (χ1n) is 8.90. The zero-order valence-electron chi connectivity index (χ0n) is 13.0. The second-order valence-corrected chi connectivity index (χ2v) is 8.45. The van der Waals surface area contributed by atoms with Gasteiger partial charge >= 0.3 is 0 Å². The van der Waals surface area contributed by atoms with Crippen molar-refractivity contribution in [1.29, 1.82) is 0 Å². The molecule has 4 aliphatic carbocycles. The highest BCUT2D eigenvalue weighted by molar-refractivity contribution is 5.87. The maximum Gasteiger partial charge on any atom is 0.139 e. The third kappa shape index (κ3) is 1.96. The number of aliphatic hydroxyl groups is 2. The smallest absolute Gasteiger partial charge is 0.139 e. The number of Topliss-reactive ketones (excluding diaryl/α,β-unsaturated/α-hetero) is 1. The summed E-state index contributed by atoms with van der Waals surface area (Å²) < 4.78 is 0. The predicted octanol–water partition coefficient (Wildman–Crippen LogP) is 2.54. The Morgan fingerprint density at radius 2 is 1.71 bits per heavy atom. The molecule has 3 nitrogen and oxygen atoms in total. The first-order chi connectivity index (χ1) is 10.0.